The van der Waals surface area contributed by atoms with Crippen molar-refractivity contribution in [2.75, 3.05) is 26.7 Å². The van der Waals surface area contributed by atoms with Gasteiger partial charge in [0.25, 0.3) is 5.91 Å². The molecule has 1 aromatic heterocycles. The maximum Gasteiger partial charge on any atom is 0.251 e. The molecule has 0 saturated carbocycles. The third kappa shape index (κ3) is 3.60. The van der Waals surface area contributed by atoms with Crippen LogP contribution in [0.25, 0.3) is 0 Å². The zero-order valence-corrected chi connectivity index (χ0v) is 13.6. The fourth-order valence-corrected chi connectivity index (χ4v) is 3.08. The van der Waals surface area contributed by atoms with Gasteiger partial charge in [-0.05, 0) is 17.7 Å². The van der Waals surface area contributed by atoms with E-state index in [1.165, 1.54) is 11.1 Å². The predicted molar refractivity (Wildman–Crippen MR) is 89.1 cm³/mol. The molecule has 1 aliphatic heterocycles. The van der Waals surface area contributed by atoms with Crippen LogP contribution in [0.3, 0.4) is 0 Å². The van der Waals surface area contributed by atoms with Gasteiger partial charge in [0.15, 0.2) is 0 Å². The second-order valence-electron chi connectivity index (χ2n) is 5.92. The molecule has 1 atom stereocenters. The number of piperazine rings is 1. The van der Waals surface area contributed by atoms with Gasteiger partial charge in [-0.3, -0.25) is 14.4 Å². The molecule has 2 heterocycles. The molecular formula is C17H23N5O. The van der Waals surface area contributed by atoms with Crippen LogP contribution >= 0.6 is 0 Å². The summed E-state index contributed by atoms with van der Waals surface area (Å²) in [7, 11) is 3.59. The van der Waals surface area contributed by atoms with Gasteiger partial charge in [0.2, 0.25) is 0 Å². The number of carbonyl (C=O) groups is 1. The largest absolute Gasteiger partial charge is 0.355 e. The number of hydrogen-bond acceptors (Lipinski definition) is 4. The number of nitrogens with one attached hydrogen (secondary N) is 2. The van der Waals surface area contributed by atoms with Crippen molar-refractivity contribution in [1.29, 1.82) is 0 Å². The van der Waals surface area contributed by atoms with Crippen LogP contribution in [0.15, 0.2) is 36.7 Å². The van der Waals surface area contributed by atoms with Crippen LogP contribution in [0.5, 0.6) is 0 Å². The monoisotopic (exact) mass is 313 g/mol. The minimum atomic E-state index is -0.0468. The Morgan fingerprint density at radius 3 is 3.09 bits per heavy atom. The summed E-state index contributed by atoms with van der Waals surface area (Å²) in [5.41, 5.74) is 3.08. The Kier molecular flexibility index (Phi) is 4.73. The summed E-state index contributed by atoms with van der Waals surface area (Å²) in [6.07, 6.45) is 3.97. The average Bonchev–Trinajstić information content (AvgIpc) is 2.99. The summed E-state index contributed by atoms with van der Waals surface area (Å²) in [5.74, 6) is -0.0468. The number of hydrogen-bond donors (Lipinski definition) is 2. The zero-order valence-electron chi connectivity index (χ0n) is 13.6. The molecule has 2 N–H and O–H groups in total. The Labute approximate surface area is 136 Å². The number of aryl methyl sites for hydroxylation is 1. The lowest BCUT2D eigenvalue weighted by atomic mass is 10.00. The lowest BCUT2D eigenvalue weighted by Crippen LogP contribution is -2.45. The fraction of sp³-hybridized carbons (Fsp3) is 0.412. The van der Waals surface area contributed by atoms with E-state index in [9.17, 15) is 4.79 Å². The SMILES string of the molecule is CNC(=O)c1cccc([C@@H]2CNCCN2Cc2cnn(C)c2)c1. The van der Waals surface area contributed by atoms with Crippen LogP contribution in [0.1, 0.15) is 27.5 Å². The van der Waals surface area contributed by atoms with Gasteiger partial charge >= 0.3 is 0 Å². The van der Waals surface area contributed by atoms with Gasteiger partial charge < -0.3 is 10.6 Å². The van der Waals surface area contributed by atoms with E-state index in [1.54, 1.807) is 7.05 Å². The van der Waals surface area contributed by atoms with Crippen molar-refractivity contribution < 1.29 is 4.79 Å². The van der Waals surface area contributed by atoms with Crippen molar-refractivity contribution in [3.05, 3.63) is 53.3 Å². The van der Waals surface area contributed by atoms with E-state index in [1.807, 2.05) is 36.1 Å². The first-order valence-corrected chi connectivity index (χ1v) is 7.91. The third-order valence-electron chi connectivity index (χ3n) is 4.26. The Morgan fingerprint density at radius 1 is 1.48 bits per heavy atom. The maximum atomic E-state index is 11.9. The van der Waals surface area contributed by atoms with E-state index >= 15 is 0 Å². The molecule has 1 saturated heterocycles. The van der Waals surface area contributed by atoms with E-state index in [-0.39, 0.29) is 11.9 Å². The van der Waals surface area contributed by atoms with Gasteiger partial charge in [0.1, 0.15) is 0 Å². The van der Waals surface area contributed by atoms with Gasteiger partial charge in [0.05, 0.1) is 6.20 Å². The summed E-state index contributed by atoms with van der Waals surface area (Å²) in [5, 5.41) is 10.4. The molecule has 1 fully saturated rings. The molecule has 0 radical (unpaired) electrons. The molecule has 6 nitrogen and oxygen atoms in total. The van der Waals surface area contributed by atoms with E-state index in [2.05, 4.69) is 32.9 Å². The normalized spacial score (nSPS) is 18.8. The lowest BCUT2D eigenvalue weighted by molar-refractivity contribution is 0.0962. The first kappa shape index (κ1) is 15.7. The zero-order chi connectivity index (χ0) is 16.2. The van der Waals surface area contributed by atoms with E-state index < -0.39 is 0 Å². The Hall–Kier alpha value is -2.18. The fourth-order valence-electron chi connectivity index (χ4n) is 3.08. The Bertz CT molecular complexity index is 681. The van der Waals surface area contributed by atoms with Gasteiger partial charge in [-0.25, -0.2) is 0 Å². The summed E-state index contributed by atoms with van der Waals surface area (Å²) in [6, 6.07) is 8.15. The second-order valence-corrected chi connectivity index (χ2v) is 5.92. The van der Waals surface area contributed by atoms with Crippen LogP contribution in [-0.2, 0) is 13.6 Å². The van der Waals surface area contributed by atoms with E-state index in [0.29, 0.717) is 5.56 Å². The summed E-state index contributed by atoms with van der Waals surface area (Å²) >= 11 is 0. The molecule has 3 rings (SSSR count). The van der Waals surface area contributed by atoms with Crippen molar-refractivity contribution in [2.45, 2.75) is 12.6 Å². The topological polar surface area (TPSA) is 62.2 Å². The summed E-state index contributed by atoms with van der Waals surface area (Å²) in [4.78, 5) is 14.3. The molecule has 0 unspecified atom stereocenters. The molecule has 1 aromatic carbocycles. The average molecular weight is 313 g/mol. The minimum absolute atomic E-state index is 0.0468. The first-order valence-electron chi connectivity index (χ1n) is 7.91. The highest BCUT2D eigenvalue weighted by Gasteiger charge is 2.24. The smallest absolute Gasteiger partial charge is 0.251 e. The minimum Gasteiger partial charge on any atom is -0.355 e. The summed E-state index contributed by atoms with van der Waals surface area (Å²) in [6.45, 7) is 3.71. The highest BCUT2D eigenvalue weighted by Crippen LogP contribution is 2.25. The molecule has 0 spiro atoms. The summed E-state index contributed by atoms with van der Waals surface area (Å²) < 4.78 is 1.83. The Balaban J connectivity index is 1.82. The van der Waals surface area contributed by atoms with E-state index in [4.69, 9.17) is 0 Å². The molecular weight excluding hydrogens is 290 g/mol. The molecule has 2 aromatic rings. The second kappa shape index (κ2) is 6.93. The van der Waals surface area contributed by atoms with Gasteiger partial charge in [-0.2, -0.15) is 5.10 Å². The van der Waals surface area contributed by atoms with Crippen molar-refractivity contribution in [3.8, 4) is 0 Å². The molecule has 23 heavy (non-hydrogen) atoms. The number of nitrogens with zero attached hydrogens (tertiary/aromatic N) is 3. The van der Waals surface area contributed by atoms with Crippen LogP contribution < -0.4 is 10.6 Å². The van der Waals surface area contributed by atoms with Crippen molar-refractivity contribution in [2.24, 2.45) is 7.05 Å². The molecule has 0 bridgehead atoms. The van der Waals surface area contributed by atoms with Gasteiger partial charge in [-0.15, -0.1) is 0 Å². The molecule has 1 amide bonds. The van der Waals surface area contributed by atoms with Crippen molar-refractivity contribution in [1.82, 2.24) is 25.3 Å². The Morgan fingerprint density at radius 2 is 2.35 bits per heavy atom. The van der Waals surface area contributed by atoms with Crippen molar-refractivity contribution in [3.63, 3.8) is 0 Å². The predicted octanol–water partition coefficient (Wildman–Crippen LogP) is 0.926. The molecule has 0 aliphatic carbocycles. The molecule has 122 valence electrons. The molecule has 6 heteroatoms. The van der Waals surface area contributed by atoms with Gasteiger partial charge in [-0.1, -0.05) is 12.1 Å². The van der Waals surface area contributed by atoms with Crippen LogP contribution in [0, 0.1) is 0 Å². The number of carbonyl (C=O) groups excluding carboxylic acids is 1. The van der Waals surface area contributed by atoms with Crippen molar-refractivity contribution >= 4 is 5.91 Å². The molecule has 1 aliphatic rings. The van der Waals surface area contributed by atoms with Crippen LogP contribution in [-0.4, -0.2) is 47.3 Å². The number of amides is 1. The van der Waals surface area contributed by atoms with Crippen LogP contribution in [0.2, 0.25) is 0 Å². The third-order valence-corrected chi connectivity index (χ3v) is 4.26. The highest BCUT2D eigenvalue weighted by molar-refractivity contribution is 5.94. The quantitative estimate of drug-likeness (QED) is 0.881. The number of rotatable bonds is 4. The number of aromatic nitrogens is 2. The standard InChI is InChI=1S/C17H23N5O/c1-18-17(23)15-5-3-4-14(8-15)16-10-19-6-7-22(16)12-13-9-20-21(2)11-13/h3-5,8-9,11,16,19H,6-7,10,12H2,1-2H3,(H,18,23)/t16-/m0/s1. The van der Waals surface area contributed by atoms with Crippen LogP contribution in [0.4, 0.5) is 0 Å². The van der Waals surface area contributed by atoms with E-state index in [0.717, 1.165) is 26.2 Å². The lowest BCUT2D eigenvalue weighted by Gasteiger charge is -2.36. The first-order chi connectivity index (χ1) is 11.2. The highest BCUT2D eigenvalue weighted by atomic mass is 16.1. The van der Waals surface area contributed by atoms with Gasteiger partial charge in [0, 0.05) is 63.6 Å². The maximum absolute atomic E-state index is 11.9. The number of benzene rings is 1.